The standard InChI is InChI=1S/C16H25NO3/c1-16(19-11-12-20-16)14-7-9-17(10-8-14)15(18)13-5-3-2-4-6-13/h2-3,13-14H,4-12H2,1H3. The molecule has 2 fully saturated rings. The van der Waals surface area contributed by atoms with Gasteiger partial charge in [0.05, 0.1) is 13.2 Å². The first kappa shape index (κ1) is 14.1. The highest BCUT2D eigenvalue weighted by molar-refractivity contribution is 5.79. The van der Waals surface area contributed by atoms with Crippen LogP contribution in [0.2, 0.25) is 0 Å². The summed E-state index contributed by atoms with van der Waals surface area (Å²) in [5.41, 5.74) is 0. The molecular formula is C16H25NO3. The lowest BCUT2D eigenvalue weighted by Crippen LogP contribution is -2.47. The maximum absolute atomic E-state index is 12.5. The Labute approximate surface area is 121 Å². The van der Waals surface area contributed by atoms with Crippen molar-refractivity contribution in [3.8, 4) is 0 Å². The van der Waals surface area contributed by atoms with Crippen LogP contribution in [-0.2, 0) is 14.3 Å². The first-order valence-electron chi connectivity index (χ1n) is 7.91. The molecule has 0 saturated carbocycles. The molecule has 0 aromatic rings. The molecule has 4 heteroatoms. The molecule has 2 heterocycles. The van der Waals surface area contributed by atoms with Gasteiger partial charge in [-0.15, -0.1) is 0 Å². The lowest BCUT2D eigenvalue weighted by atomic mass is 9.87. The molecule has 2 saturated heterocycles. The van der Waals surface area contributed by atoms with Gasteiger partial charge in [-0.2, -0.15) is 0 Å². The third-order valence-electron chi connectivity index (χ3n) is 5.03. The van der Waals surface area contributed by atoms with Crippen LogP contribution in [0, 0.1) is 11.8 Å². The fraction of sp³-hybridized carbons (Fsp3) is 0.812. The highest BCUT2D eigenvalue weighted by Gasteiger charge is 2.42. The molecule has 3 rings (SSSR count). The van der Waals surface area contributed by atoms with Gasteiger partial charge in [0.15, 0.2) is 5.79 Å². The first-order chi connectivity index (χ1) is 9.69. The van der Waals surface area contributed by atoms with Gasteiger partial charge in [0.1, 0.15) is 0 Å². The Balaban J connectivity index is 1.53. The molecule has 1 aliphatic carbocycles. The maximum atomic E-state index is 12.5. The van der Waals surface area contributed by atoms with E-state index in [9.17, 15) is 4.79 Å². The van der Waals surface area contributed by atoms with E-state index in [1.54, 1.807) is 0 Å². The molecule has 0 aromatic carbocycles. The van der Waals surface area contributed by atoms with Crippen molar-refractivity contribution >= 4 is 5.91 Å². The van der Waals surface area contributed by atoms with Crippen LogP contribution in [0.25, 0.3) is 0 Å². The van der Waals surface area contributed by atoms with Crippen molar-refractivity contribution in [2.75, 3.05) is 26.3 Å². The lowest BCUT2D eigenvalue weighted by molar-refractivity contribution is -0.191. The number of ether oxygens (including phenoxy) is 2. The zero-order valence-corrected chi connectivity index (χ0v) is 12.3. The SMILES string of the molecule is CC1(C2CCN(C(=O)C3CC=CCC3)CC2)OCCO1. The van der Waals surface area contributed by atoms with Gasteiger partial charge in [-0.3, -0.25) is 4.79 Å². The second kappa shape index (κ2) is 5.86. The smallest absolute Gasteiger partial charge is 0.226 e. The molecule has 20 heavy (non-hydrogen) atoms. The average molecular weight is 279 g/mol. The van der Waals surface area contributed by atoms with Gasteiger partial charge in [-0.05, 0) is 39.0 Å². The topological polar surface area (TPSA) is 38.8 Å². The molecule has 0 radical (unpaired) electrons. The predicted octanol–water partition coefficient (Wildman–Crippen LogP) is 2.34. The second-order valence-electron chi connectivity index (χ2n) is 6.29. The van der Waals surface area contributed by atoms with Crippen LogP contribution >= 0.6 is 0 Å². The Morgan fingerprint density at radius 2 is 1.85 bits per heavy atom. The number of carbonyl (C=O) groups excluding carboxylic acids is 1. The predicted molar refractivity (Wildman–Crippen MR) is 76.1 cm³/mol. The van der Waals surface area contributed by atoms with Gasteiger partial charge in [0, 0.05) is 24.9 Å². The number of nitrogens with zero attached hydrogens (tertiary/aromatic N) is 1. The van der Waals surface area contributed by atoms with E-state index >= 15 is 0 Å². The zero-order valence-electron chi connectivity index (χ0n) is 12.3. The average Bonchev–Trinajstić information content (AvgIpc) is 2.96. The number of carbonyl (C=O) groups is 1. The number of amides is 1. The van der Waals surface area contributed by atoms with Gasteiger partial charge < -0.3 is 14.4 Å². The second-order valence-corrected chi connectivity index (χ2v) is 6.29. The van der Waals surface area contributed by atoms with Crippen molar-refractivity contribution in [1.82, 2.24) is 4.90 Å². The molecule has 112 valence electrons. The number of rotatable bonds is 2. The van der Waals surface area contributed by atoms with Gasteiger partial charge >= 0.3 is 0 Å². The Kier molecular flexibility index (Phi) is 4.13. The minimum atomic E-state index is -0.414. The molecule has 4 nitrogen and oxygen atoms in total. The fourth-order valence-electron chi connectivity index (χ4n) is 3.67. The van der Waals surface area contributed by atoms with E-state index in [-0.39, 0.29) is 5.92 Å². The molecule has 1 atom stereocenters. The van der Waals surface area contributed by atoms with Gasteiger partial charge in [0.2, 0.25) is 5.91 Å². The van der Waals surface area contributed by atoms with Crippen LogP contribution in [0.15, 0.2) is 12.2 Å². The fourth-order valence-corrected chi connectivity index (χ4v) is 3.67. The first-order valence-corrected chi connectivity index (χ1v) is 7.91. The summed E-state index contributed by atoms with van der Waals surface area (Å²) in [7, 11) is 0. The van der Waals surface area contributed by atoms with Crippen LogP contribution in [0.1, 0.15) is 39.0 Å². The molecule has 2 aliphatic heterocycles. The van der Waals surface area contributed by atoms with Crippen molar-refractivity contribution < 1.29 is 14.3 Å². The van der Waals surface area contributed by atoms with Gasteiger partial charge in [0.25, 0.3) is 0 Å². The van der Waals surface area contributed by atoms with Crippen LogP contribution < -0.4 is 0 Å². The van der Waals surface area contributed by atoms with Gasteiger partial charge in [-0.25, -0.2) is 0 Å². The van der Waals surface area contributed by atoms with E-state index in [0.717, 1.165) is 45.2 Å². The van der Waals surface area contributed by atoms with Crippen molar-refractivity contribution in [3.05, 3.63) is 12.2 Å². The highest BCUT2D eigenvalue weighted by Crippen LogP contribution is 2.35. The molecule has 0 N–H and O–H groups in total. The molecule has 0 aromatic heterocycles. The summed E-state index contributed by atoms with van der Waals surface area (Å²) < 4.78 is 11.5. The summed E-state index contributed by atoms with van der Waals surface area (Å²) in [6.07, 6.45) is 9.30. The molecule has 0 bridgehead atoms. The quantitative estimate of drug-likeness (QED) is 0.728. The molecule has 3 aliphatic rings. The molecular weight excluding hydrogens is 254 g/mol. The normalized spacial score (nSPS) is 30.6. The maximum Gasteiger partial charge on any atom is 0.226 e. The van der Waals surface area contributed by atoms with E-state index in [0.29, 0.717) is 25.0 Å². The minimum absolute atomic E-state index is 0.214. The number of piperidine rings is 1. The van der Waals surface area contributed by atoms with Crippen LogP contribution in [0.4, 0.5) is 0 Å². The minimum Gasteiger partial charge on any atom is -0.348 e. The summed E-state index contributed by atoms with van der Waals surface area (Å²) in [5, 5.41) is 0. The van der Waals surface area contributed by atoms with Crippen molar-refractivity contribution in [2.45, 2.75) is 44.8 Å². The molecule has 0 spiro atoms. The summed E-state index contributed by atoms with van der Waals surface area (Å²) in [6.45, 7) is 5.15. The van der Waals surface area contributed by atoms with E-state index in [1.807, 2.05) is 6.92 Å². The number of likely N-dealkylation sites (tertiary alicyclic amines) is 1. The van der Waals surface area contributed by atoms with E-state index in [4.69, 9.17) is 9.47 Å². The zero-order chi connectivity index (χ0) is 14.0. The van der Waals surface area contributed by atoms with Crippen LogP contribution in [-0.4, -0.2) is 42.9 Å². The monoisotopic (exact) mass is 279 g/mol. The van der Waals surface area contributed by atoms with Crippen molar-refractivity contribution in [2.24, 2.45) is 11.8 Å². The molecule has 1 amide bonds. The summed E-state index contributed by atoms with van der Waals surface area (Å²) >= 11 is 0. The highest BCUT2D eigenvalue weighted by atomic mass is 16.7. The van der Waals surface area contributed by atoms with Crippen molar-refractivity contribution in [1.29, 1.82) is 0 Å². The summed E-state index contributed by atoms with van der Waals surface area (Å²) in [4.78, 5) is 14.5. The van der Waals surface area contributed by atoms with E-state index in [2.05, 4.69) is 17.1 Å². The van der Waals surface area contributed by atoms with Crippen LogP contribution in [0.3, 0.4) is 0 Å². The Bertz CT molecular complexity index is 379. The third kappa shape index (κ3) is 2.77. The largest absolute Gasteiger partial charge is 0.348 e. The third-order valence-corrected chi connectivity index (χ3v) is 5.03. The van der Waals surface area contributed by atoms with Crippen LogP contribution in [0.5, 0.6) is 0 Å². The Morgan fingerprint density at radius 1 is 1.15 bits per heavy atom. The van der Waals surface area contributed by atoms with E-state index in [1.165, 1.54) is 0 Å². The Morgan fingerprint density at radius 3 is 2.45 bits per heavy atom. The van der Waals surface area contributed by atoms with Crippen molar-refractivity contribution in [3.63, 3.8) is 0 Å². The van der Waals surface area contributed by atoms with Gasteiger partial charge in [-0.1, -0.05) is 12.2 Å². The summed E-state index contributed by atoms with van der Waals surface area (Å²) in [6, 6.07) is 0. The number of hydrogen-bond acceptors (Lipinski definition) is 3. The molecule has 1 unspecified atom stereocenters. The number of hydrogen-bond donors (Lipinski definition) is 0. The lowest BCUT2D eigenvalue weighted by Gasteiger charge is -2.40. The number of allylic oxidation sites excluding steroid dienone is 2. The summed E-state index contributed by atoms with van der Waals surface area (Å²) in [5.74, 6) is 0.570. The Hall–Kier alpha value is -0.870. The van der Waals surface area contributed by atoms with E-state index < -0.39 is 5.79 Å².